The van der Waals surface area contributed by atoms with Gasteiger partial charge in [-0.3, -0.25) is 4.79 Å². The van der Waals surface area contributed by atoms with Gasteiger partial charge in [-0.1, -0.05) is 48.0 Å². The summed E-state index contributed by atoms with van der Waals surface area (Å²) in [6.07, 6.45) is 0. The predicted octanol–water partition coefficient (Wildman–Crippen LogP) is 5.65. The summed E-state index contributed by atoms with van der Waals surface area (Å²) in [5, 5.41) is 5.99. The molecule has 3 rings (SSSR count). The summed E-state index contributed by atoms with van der Waals surface area (Å²) < 4.78 is 0. The molecule has 3 aromatic rings. The Morgan fingerprint density at radius 2 is 1.61 bits per heavy atom. The molecule has 0 saturated carbocycles. The molecule has 0 fully saturated rings. The molecule has 6 heteroatoms. The third-order valence-corrected chi connectivity index (χ3v) is 4.35. The van der Waals surface area contributed by atoms with Gasteiger partial charge in [0, 0.05) is 22.9 Å². The van der Waals surface area contributed by atoms with E-state index in [4.69, 9.17) is 11.6 Å². The van der Waals surface area contributed by atoms with Crippen LogP contribution in [0.3, 0.4) is 0 Å². The first-order chi connectivity index (χ1) is 13.6. The molecule has 0 unspecified atom stereocenters. The number of amides is 3. The number of urea groups is 1. The van der Waals surface area contributed by atoms with E-state index in [0.717, 1.165) is 5.69 Å². The van der Waals surface area contributed by atoms with E-state index in [2.05, 4.69) is 10.6 Å². The smallest absolute Gasteiger partial charge is 0.309 e. The molecule has 0 aromatic heterocycles. The highest BCUT2D eigenvalue weighted by Gasteiger charge is 2.19. The molecule has 3 amide bonds. The summed E-state index contributed by atoms with van der Waals surface area (Å²) in [5.74, 6) is -0.188. The lowest BCUT2D eigenvalue weighted by Gasteiger charge is -2.22. The van der Waals surface area contributed by atoms with E-state index in [1.807, 2.05) is 37.3 Å². The van der Waals surface area contributed by atoms with Crippen LogP contribution >= 0.6 is 11.6 Å². The van der Waals surface area contributed by atoms with E-state index in [0.29, 0.717) is 28.5 Å². The van der Waals surface area contributed by atoms with Crippen LogP contribution in [0.4, 0.5) is 21.9 Å². The summed E-state index contributed by atoms with van der Waals surface area (Å²) in [5.41, 5.74) is 2.21. The van der Waals surface area contributed by atoms with E-state index in [-0.39, 0.29) is 5.91 Å². The average Bonchev–Trinajstić information content (AvgIpc) is 2.69. The molecule has 0 aliphatic heterocycles. The number of hydrogen-bond acceptors (Lipinski definition) is 2. The quantitative estimate of drug-likeness (QED) is 0.588. The topological polar surface area (TPSA) is 61.4 Å². The van der Waals surface area contributed by atoms with E-state index >= 15 is 0 Å². The van der Waals surface area contributed by atoms with Crippen LogP contribution in [0.5, 0.6) is 0 Å². The molecule has 0 atom stereocenters. The first kappa shape index (κ1) is 19.5. The van der Waals surface area contributed by atoms with Crippen LogP contribution in [0, 0.1) is 0 Å². The maximum atomic E-state index is 13.1. The van der Waals surface area contributed by atoms with Crippen molar-refractivity contribution in [1.82, 2.24) is 0 Å². The molecule has 0 aliphatic carbocycles. The molecular formula is C22H20ClN3O2. The lowest BCUT2D eigenvalue weighted by Crippen LogP contribution is -2.31. The van der Waals surface area contributed by atoms with Gasteiger partial charge < -0.3 is 15.5 Å². The Balaban J connectivity index is 1.80. The highest BCUT2D eigenvalue weighted by molar-refractivity contribution is 6.31. The van der Waals surface area contributed by atoms with Crippen LogP contribution in [-0.4, -0.2) is 18.5 Å². The van der Waals surface area contributed by atoms with E-state index < -0.39 is 6.03 Å². The van der Waals surface area contributed by atoms with Gasteiger partial charge in [-0.2, -0.15) is 0 Å². The minimum absolute atomic E-state index is 0.188. The second-order valence-corrected chi connectivity index (χ2v) is 6.46. The zero-order chi connectivity index (χ0) is 19.9. The first-order valence-electron chi connectivity index (χ1n) is 8.88. The molecule has 0 aliphatic rings. The number of carbonyl (C=O) groups excluding carboxylic acids is 2. The number of rotatable bonds is 5. The normalized spacial score (nSPS) is 10.2. The highest BCUT2D eigenvalue weighted by Crippen LogP contribution is 2.22. The van der Waals surface area contributed by atoms with Crippen LogP contribution in [-0.2, 0) is 0 Å². The molecule has 0 spiro atoms. The molecule has 0 heterocycles. The number of halogens is 1. The number of hydrogen-bond donors (Lipinski definition) is 2. The summed E-state index contributed by atoms with van der Waals surface area (Å²) in [6.45, 7) is 2.42. The molecule has 5 nitrogen and oxygen atoms in total. The summed E-state index contributed by atoms with van der Waals surface area (Å²) >= 11 is 5.94. The predicted molar refractivity (Wildman–Crippen MR) is 114 cm³/mol. The van der Waals surface area contributed by atoms with Gasteiger partial charge in [0.05, 0.1) is 11.3 Å². The van der Waals surface area contributed by atoms with Gasteiger partial charge in [-0.15, -0.1) is 0 Å². The molecule has 28 heavy (non-hydrogen) atoms. The zero-order valence-corrected chi connectivity index (χ0v) is 16.1. The van der Waals surface area contributed by atoms with Crippen LogP contribution in [0.2, 0.25) is 5.02 Å². The van der Waals surface area contributed by atoms with Gasteiger partial charge in [0.1, 0.15) is 0 Å². The Bertz CT molecular complexity index is 976. The van der Waals surface area contributed by atoms with Gasteiger partial charge >= 0.3 is 6.03 Å². The van der Waals surface area contributed by atoms with Crippen LogP contribution in [0.25, 0.3) is 0 Å². The monoisotopic (exact) mass is 393 g/mol. The Labute approximate surface area is 168 Å². The summed E-state index contributed by atoms with van der Waals surface area (Å²) in [4.78, 5) is 27.2. The van der Waals surface area contributed by atoms with Crippen molar-refractivity contribution in [3.05, 3.63) is 89.4 Å². The van der Waals surface area contributed by atoms with Crippen molar-refractivity contribution >= 4 is 40.6 Å². The molecule has 142 valence electrons. The lowest BCUT2D eigenvalue weighted by molar-refractivity contribution is 0.0989. The fourth-order valence-corrected chi connectivity index (χ4v) is 3.02. The van der Waals surface area contributed by atoms with E-state index in [1.54, 1.807) is 53.4 Å². The Kier molecular flexibility index (Phi) is 6.29. The molecule has 0 saturated heterocycles. The van der Waals surface area contributed by atoms with Crippen molar-refractivity contribution in [2.24, 2.45) is 0 Å². The minimum Gasteiger partial charge on any atom is -0.309 e. The van der Waals surface area contributed by atoms with Crippen LogP contribution in [0.15, 0.2) is 78.9 Å². The maximum absolute atomic E-state index is 13.1. The number of nitrogens with zero attached hydrogens (tertiary/aromatic N) is 1. The summed E-state index contributed by atoms with van der Waals surface area (Å²) in [6, 6.07) is 22.7. The van der Waals surface area contributed by atoms with Crippen LogP contribution < -0.4 is 15.5 Å². The average molecular weight is 394 g/mol. The molecular weight excluding hydrogens is 374 g/mol. The molecule has 3 aromatic carbocycles. The van der Waals surface area contributed by atoms with Crippen molar-refractivity contribution in [2.45, 2.75) is 6.92 Å². The van der Waals surface area contributed by atoms with Gasteiger partial charge in [0.2, 0.25) is 0 Å². The van der Waals surface area contributed by atoms with Gasteiger partial charge in [-0.25, -0.2) is 4.79 Å². The number of benzene rings is 3. The van der Waals surface area contributed by atoms with E-state index in [1.165, 1.54) is 0 Å². The third kappa shape index (κ3) is 4.69. The van der Waals surface area contributed by atoms with Crippen molar-refractivity contribution in [3.8, 4) is 0 Å². The number of carbonyl (C=O) groups is 2. The lowest BCUT2D eigenvalue weighted by atomic mass is 10.1. The second kappa shape index (κ2) is 9.06. The molecule has 2 N–H and O–H groups in total. The van der Waals surface area contributed by atoms with Gasteiger partial charge in [-0.05, 0) is 49.4 Å². The standard InChI is InChI=1S/C22H20ClN3O2/c1-2-26(18-11-4-3-5-12-18)21(27)19-13-6-7-14-20(19)25-22(28)24-17-10-8-9-16(23)15-17/h3-15H,2H2,1H3,(H2,24,25,28). The Hall–Kier alpha value is -3.31. The second-order valence-electron chi connectivity index (χ2n) is 6.02. The Morgan fingerprint density at radius 1 is 0.893 bits per heavy atom. The van der Waals surface area contributed by atoms with Gasteiger partial charge in [0.15, 0.2) is 0 Å². The molecule has 0 bridgehead atoms. The fourth-order valence-electron chi connectivity index (χ4n) is 2.83. The highest BCUT2D eigenvalue weighted by atomic mass is 35.5. The number of nitrogens with one attached hydrogen (secondary N) is 2. The first-order valence-corrected chi connectivity index (χ1v) is 9.26. The van der Waals surface area contributed by atoms with Crippen LogP contribution in [0.1, 0.15) is 17.3 Å². The zero-order valence-electron chi connectivity index (χ0n) is 15.4. The SMILES string of the molecule is CCN(C(=O)c1ccccc1NC(=O)Nc1cccc(Cl)c1)c1ccccc1. The van der Waals surface area contributed by atoms with Crippen molar-refractivity contribution in [2.75, 3.05) is 22.1 Å². The van der Waals surface area contributed by atoms with Crippen molar-refractivity contribution in [3.63, 3.8) is 0 Å². The van der Waals surface area contributed by atoms with E-state index in [9.17, 15) is 9.59 Å². The third-order valence-electron chi connectivity index (χ3n) is 4.12. The maximum Gasteiger partial charge on any atom is 0.323 e. The summed E-state index contributed by atoms with van der Waals surface area (Å²) in [7, 11) is 0. The Morgan fingerprint density at radius 3 is 2.32 bits per heavy atom. The minimum atomic E-state index is -0.453. The van der Waals surface area contributed by atoms with Gasteiger partial charge in [0.25, 0.3) is 5.91 Å². The van der Waals surface area contributed by atoms with Crippen molar-refractivity contribution < 1.29 is 9.59 Å². The number of para-hydroxylation sites is 2. The molecule has 0 radical (unpaired) electrons. The van der Waals surface area contributed by atoms with Crippen molar-refractivity contribution in [1.29, 1.82) is 0 Å². The fraction of sp³-hybridized carbons (Fsp3) is 0.0909. The number of anilines is 3. The largest absolute Gasteiger partial charge is 0.323 e.